The Bertz CT molecular complexity index is 566. The molecule has 0 aromatic rings. The van der Waals surface area contributed by atoms with Crippen molar-refractivity contribution in [2.75, 3.05) is 145 Å². The van der Waals surface area contributed by atoms with Crippen LogP contribution in [-0.2, 0) is 72.0 Å². The van der Waals surface area contributed by atoms with Crippen LogP contribution in [0.4, 0.5) is 0 Å². The van der Waals surface area contributed by atoms with Gasteiger partial charge in [-0.3, -0.25) is 0 Å². The Hall–Kier alpha value is -1.38. The Kier molecular flexibility index (Phi) is 39.4. The van der Waals surface area contributed by atoms with Crippen LogP contribution in [0, 0.1) is 0 Å². The molecule has 0 saturated heterocycles. The molecule has 0 N–H and O–H groups in total. The Morgan fingerprint density at radius 3 is 1.24 bits per heavy atom. The first-order valence-electron chi connectivity index (χ1n) is 15.2. The molecule has 266 valence electrons. The molecule has 0 rings (SSSR count). The van der Waals surface area contributed by atoms with Crippen LogP contribution in [0.3, 0.4) is 0 Å². The fourth-order valence-electron chi connectivity index (χ4n) is 2.74. The van der Waals surface area contributed by atoms with Gasteiger partial charge < -0.3 is 42.6 Å². The fraction of sp³-hybridized carbons (Fsp3) is 0.800. The van der Waals surface area contributed by atoms with Crippen LogP contribution >= 0.6 is 0 Å². The zero-order valence-corrected chi connectivity index (χ0v) is 26.8. The molecule has 15 heteroatoms. The van der Waals surface area contributed by atoms with Gasteiger partial charge in [0.2, 0.25) is 6.29 Å². The molecule has 0 amide bonds. The molecule has 1 unspecified atom stereocenters. The van der Waals surface area contributed by atoms with Crippen molar-refractivity contribution in [1.82, 2.24) is 0 Å². The van der Waals surface area contributed by atoms with E-state index in [0.717, 1.165) is 0 Å². The summed E-state index contributed by atoms with van der Waals surface area (Å²) in [5, 5.41) is 0. The average molecular weight is 657 g/mol. The monoisotopic (exact) mass is 656 g/mol. The minimum Gasteiger partial charge on any atom is -0.379 e. The van der Waals surface area contributed by atoms with Gasteiger partial charge in [-0.05, 0) is 6.42 Å². The van der Waals surface area contributed by atoms with Crippen molar-refractivity contribution in [3.05, 3.63) is 38.0 Å². The minimum absolute atomic E-state index is 0.151. The van der Waals surface area contributed by atoms with E-state index in [1.54, 1.807) is 18.2 Å². The van der Waals surface area contributed by atoms with Gasteiger partial charge in [0.25, 0.3) is 0 Å². The van der Waals surface area contributed by atoms with Crippen LogP contribution < -0.4 is 0 Å². The van der Waals surface area contributed by atoms with Crippen LogP contribution in [0.5, 0.6) is 0 Å². The highest BCUT2D eigenvalue weighted by Crippen LogP contribution is 2.00. The molecule has 0 aliphatic carbocycles. The van der Waals surface area contributed by atoms with Gasteiger partial charge >= 0.3 is 0 Å². The first-order chi connectivity index (χ1) is 22.3. The molecule has 15 nitrogen and oxygen atoms in total. The SMILES string of the molecule is C=CCOCCOCCOCCOOC(COCCOCCOCCOOCC=C)OCCCOCCOCCOOCC=C. The molecule has 0 aliphatic heterocycles. The lowest BCUT2D eigenvalue weighted by molar-refractivity contribution is -0.387. The summed E-state index contributed by atoms with van der Waals surface area (Å²) in [7, 11) is 0. The van der Waals surface area contributed by atoms with Crippen molar-refractivity contribution in [3.63, 3.8) is 0 Å². The van der Waals surface area contributed by atoms with E-state index in [9.17, 15) is 0 Å². The summed E-state index contributed by atoms with van der Waals surface area (Å²) in [4.78, 5) is 30.0. The third-order valence-electron chi connectivity index (χ3n) is 4.73. The smallest absolute Gasteiger partial charge is 0.214 e. The average Bonchev–Trinajstić information content (AvgIpc) is 3.05. The van der Waals surface area contributed by atoms with Crippen LogP contribution in [-0.4, -0.2) is 152 Å². The van der Waals surface area contributed by atoms with Gasteiger partial charge in [0.15, 0.2) is 0 Å². The quantitative estimate of drug-likeness (QED) is 0.0312. The second kappa shape index (κ2) is 40.6. The summed E-state index contributed by atoms with van der Waals surface area (Å²) in [5.74, 6) is 0. The molecular formula is C30H56O15. The van der Waals surface area contributed by atoms with E-state index in [0.29, 0.717) is 139 Å². The van der Waals surface area contributed by atoms with Gasteiger partial charge in [0.05, 0.1) is 99.1 Å². The summed E-state index contributed by atoms with van der Waals surface area (Å²) in [6, 6.07) is 0. The highest BCUT2D eigenvalue weighted by Gasteiger charge is 2.11. The molecule has 45 heavy (non-hydrogen) atoms. The van der Waals surface area contributed by atoms with Crippen molar-refractivity contribution in [1.29, 1.82) is 0 Å². The normalized spacial score (nSPS) is 12.0. The summed E-state index contributed by atoms with van der Waals surface area (Å²) in [5.41, 5.74) is 0. The number of hydrogen-bond acceptors (Lipinski definition) is 15. The lowest BCUT2D eigenvalue weighted by Crippen LogP contribution is -2.26. The molecule has 0 aromatic carbocycles. The Balaban J connectivity index is 3.92. The Morgan fingerprint density at radius 1 is 0.356 bits per heavy atom. The standard InChI is InChI=1S/C30H56O15/c1-4-8-31-13-15-33-17-20-37-25-28-44-45-30(29-38-22-21-34-18-19-36-24-27-43-41-10-6-3)39-12-7-11-32-14-16-35-23-26-42-40-9-5-2/h4-6,30H,1-3,7-29H2. The predicted molar refractivity (Wildman–Crippen MR) is 162 cm³/mol. The highest BCUT2D eigenvalue weighted by molar-refractivity contribution is 4.63. The van der Waals surface area contributed by atoms with Gasteiger partial charge in [-0.1, -0.05) is 18.2 Å². The zero-order valence-electron chi connectivity index (χ0n) is 26.8. The van der Waals surface area contributed by atoms with E-state index in [4.69, 9.17) is 72.0 Å². The summed E-state index contributed by atoms with van der Waals surface area (Å²) in [6.07, 6.45) is 4.81. The number of hydrogen-bond donors (Lipinski definition) is 0. The van der Waals surface area contributed by atoms with Gasteiger partial charge in [-0.25, -0.2) is 29.3 Å². The maximum atomic E-state index is 5.75. The lowest BCUT2D eigenvalue weighted by atomic mass is 10.5. The Labute approximate surface area is 268 Å². The summed E-state index contributed by atoms with van der Waals surface area (Å²) < 4.78 is 49.3. The molecule has 0 aliphatic rings. The maximum Gasteiger partial charge on any atom is 0.214 e. The van der Waals surface area contributed by atoms with Crippen LogP contribution in [0.25, 0.3) is 0 Å². The fourth-order valence-corrected chi connectivity index (χ4v) is 2.74. The molecule has 0 fully saturated rings. The zero-order chi connectivity index (χ0) is 32.6. The largest absolute Gasteiger partial charge is 0.379 e. The molecule has 0 aromatic heterocycles. The molecular weight excluding hydrogens is 600 g/mol. The minimum atomic E-state index is -0.734. The van der Waals surface area contributed by atoms with Crippen molar-refractivity contribution >= 4 is 0 Å². The second-order valence-corrected chi connectivity index (χ2v) is 8.48. The van der Waals surface area contributed by atoms with Crippen molar-refractivity contribution < 1.29 is 72.0 Å². The molecule has 1 atom stereocenters. The van der Waals surface area contributed by atoms with Crippen LogP contribution in [0.2, 0.25) is 0 Å². The lowest BCUT2D eigenvalue weighted by Gasteiger charge is -2.18. The van der Waals surface area contributed by atoms with E-state index in [1.807, 2.05) is 0 Å². The van der Waals surface area contributed by atoms with E-state index >= 15 is 0 Å². The van der Waals surface area contributed by atoms with Gasteiger partial charge in [-0.2, -0.15) is 0 Å². The molecule has 0 saturated carbocycles. The third kappa shape index (κ3) is 38.7. The van der Waals surface area contributed by atoms with E-state index in [2.05, 4.69) is 19.7 Å². The number of rotatable bonds is 41. The Morgan fingerprint density at radius 2 is 0.756 bits per heavy atom. The first-order valence-corrected chi connectivity index (χ1v) is 15.2. The topological polar surface area (TPSA) is 138 Å². The summed E-state index contributed by atoms with van der Waals surface area (Å²) in [6.45, 7) is 19.3. The van der Waals surface area contributed by atoms with E-state index < -0.39 is 6.29 Å². The van der Waals surface area contributed by atoms with E-state index in [1.165, 1.54) is 0 Å². The number of ether oxygens (including phenoxy) is 9. The third-order valence-corrected chi connectivity index (χ3v) is 4.73. The van der Waals surface area contributed by atoms with Crippen molar-refractivity contribution in [2.45, 2.75) is 12.7 Å². The highest BCUT2D eigenvalue weighted by atomic mass is 17.2. The maximum absolute atomic E-state index is 5.75. The van der Waals surface area contributed by atoms with Crippen LogP contribution in [0.1, 0.15) is 6.42 Å². The van der Waals surface area contributed by atoms with Crippen molar-refractivity contribution in [2.24, 2.45) is 0 Å². The molecule has 0 radical (unpaired) electrons. The van der Waals surface area contributed by atoms with Gasteiger partial charge in [0.1, 0.15) is 39.6 Å². The molecule has 0 heterocycles. The van der Waals surface area contributed by atoms with Gasteiger partial charge in [0, 0.05) is 6.61 Å². The molecule has 0 bridgehead atoms. The summed E-state index contributed by atoms with van der Waals surface area (Å²) >= 11 is 0. The van der Waals surface area contributed by atoms with Crippen molar-refractivity contribution in [3.8, 4) is 0 Å². The predicted octanol–water partition coefficient (Wildman–Crippen LogP) is 2.25. The van der Waals surface area contributed by atoms with E-state index in [-0.39, 0.29) is 13.2 Å². The van der Waals surface area contributed by atoms with Gasteiger partial charge in [-0.15, -0.1) is 19.7 Å². The second-order valence-electron chi connectivity index (χ2n) is 8.48. The first kappa shape index (κ1) is 43.6. The van der Waals surface area contributed by atoms with Crippen LogP contribution in [0.15, 0.2) is 38.0 Å². The molecule has 0 spiro atoms.